The predicted octanol–water partition coefficient (Wildman–Crippen LogP) is 4.26. The van der Waals surface area contributed by atoms with Crippen LogP contribution in [0.3, 0.4) is 0 Å². The summed E-state index contributed by atoms with van der Waals surface area (Å²) in [4.78, 5) is 0. The van der Waals surface area contributed by atoms with Gasteiger partial charge in [0.1, 0.15) is 0 Å². The van der Waals surface area contributed by atoms with Gasteiger partial charge in [-0.1, -0.05) is 58.8 Å². The summed E-state index contributed by atoms with van der Waals surface area (Å²) in [5.74, 6) is 10.7. The molecule has 1 aliphatic rings. The van der Waals surface area contributed by atoms with E-state index >= 15 is 0 Å². The molecule has 0 heteroatoms. The fourth-order valence-electron chi connectivity index (χ4n) is 2.63. The zero-order valence-electron chi connectivity index (χ0n) is 11.3. The Balaban J connectivity index is 0.000000366. The second kappa shape index (κ2) is 11.2. The molecule has 0 saturated heterocycles. The lowest BCUT2D eigenvalue weighted by Crippen LogP contribution is -2.16. The van der Waals surface area contributed by atoms with Gasteiger partial charge in [0.25, 0.3) is 0 Å². The van der Waals surface area contributed by atoms with Crippen molar-refractivity contribution in [2.45, 2.75) is 58.8 Å². The van der Waals surface area contributed by atoms with E-state index in [4.69, 9.17) is 12.8 Å². The normalized spacial score (nSPS) is 14.6. The maximum Gasteiger partial charge on any atom is -0.00134 e. The molecule has 0 spiro atoms. The van der Waals surface area contributed by atoms with Crippen molar-refractivity contribution in [2.24, 2.45) is 11.8 Å². The van der Waals surface area contributed by atoms with Crippen LogP contribution >= 0.6 is 0 Å². The lowest BCUT2D eigenvalue weighted by Gasteiger charge is -2.28. The Bertz CT molecular complexity index is 285. The molecule has 1 saturated carbocycles. The van der Waals surface area contributed by atoms with Gasteiger partial charge in [0, 0.05) is 0 Å². The second-order valence-electron chi connectivity index (χ2n) is 4.51. The zero-order valence-corrected chi connectivity index (χ0v) is 11.3. The van der Waals surface area contributed by atoms with Gasteiger partial charge in [-0.15, -0.1) is 12.8 Å². The molecule has 0 bridgehead atoms. The minimum Gasteiger partial charge on any atom is -0.106 e. The quantitative estimate of drug-likeness (QED) is 0.633. The molecule has 1 aliphatic carbocycles. The molecule has 0 aromatic rings. The van der Waals surface area contributed by atoms with Gasteiger partial charge in [-0.3, -0.25) is 0 Å². The van der Waals surface area contributed by atoms with Crippen molar-refractivity contribution in [3.05, 3.63) is 0 Å². The topological polar surface area (TPSA) is 0 Å². The molecule has 1 rings (SSSR count). The molecule has 0 heterocycles. The Kier molecular flexibility index (Phi) is 10.3. The molecular formula is C17H24. The van der Waals surface area contributed by atoms with Gasteiger partial charge in [-0.05, 0) is 35.5 Å². The highest BCUT2D eigenvalue weighted by Gasteiger charge is 2.20. The Morgan fingerprint density at radius 1 is 0.941 bits per heavy atom. The van der Waals surface area contributed by atoms with Crippen LogP contribution < -0.4 is 0 Å². The van der Waals surface area contributed by atoms with Crippen LogP contribution in [0, 0.1) is 48.4 Å². The minimum absolute atomic E-state index is 1.04. The smallest absolute Gasteiger partial charge is 0.00134 e. The van der Waals surface area contributed by atoms with E-state index in [1.165, 1.54) is 44.9 Å². The van der Waals surface area contributed by atoms with E-state index in [0.29, 0.717) is 0 Å². The summed E-state index contributed by atoms with van der Waals surface area (Å²) in [6.07, 6.45) is 19.7. The van der Waals surface area contributed by atoms with E-state index in [9.17, 15) is 0 Å². The Morgan fingerprint density at radius 3 is 1.76 bits per heavy atom. The SMILES string of the molecule is C#CC#CC#C.CCC(CC)C1CCCCC1. The molecule has 0 amide bonds. The Morgan fingerprint density at radius 2 is 1.41 bits per heavy atom. The summed E-state index contributed by atoms with van der Waals surface area (Å²) in [5, 5.41) is 0. The van der Waals surface area contributed by atoms with Crippen LogP contribution in [0.15, 0.2) is 0 Å². The van der Waals surface area contributed by atoms with E-state index in [2.05, 4.69) is 37.5 Å². The van der Waals surface area contributed by atoms with Crippen LogP contribution in [0.5, 0.6) is 0 Å². The molecule has 92 valence electrons. The fraction of sp³-hybridized carbons (Fsp3) is 0.647. The Hall–Kier alpha value is -1.32. The first-order valence-electron chi connectivity index (χ1n) is 6.71. The van der Waals surface area contributed by atoms with Crippen LogP contribution in [0.2, 0.25) is 0 Å². The summed E-state index contributed by atoms with van der Waals surface area (Å²) in [6, 6.07) is 0. The highest BCUT2D eigenvalue weighted by Crippen LogP contribution is 2.33. The first-order chi connectivity index (χ1) is 8.29. The van der Waals surface area contributed by atoms with Crippen molar-refractivity contribution in [1.82, 2.24) is 0 Å². The van der Waals surface area contributed by atoms with E-state index in [0.717, 1.165) is 11.8 Å². The lowest BCUT2D eigenvalue weighted by atomic mass is 9.78. The molecule has 0 N–H and O–H groups in total. The van der Waals surface area contributed by atoms with Gasteiger partial charge in [-0.25, -0.2) is 0 Å². The van der Waals surface area contributed by atoms with Gasteiger partial charge in [0.05, 0.1) is 0 Å². The van der Waals surface area contributed by atoms with Crippen LogP contribution in [0.4, 0.5) is 0 Å². The summed E-state index contributed by atoms with van der Waals surface area (Å²) >= 11 is 0. The van der Waals surface area contributed by atoms with Crippen molar-refractivity contribution >= 4 is 0 Å². The van der Waals surface area contributed by atoms with E-state index in [-0.39, 0.29) is 0 Å². The van der Waals surface area contributed by atoms with Gasteiger partial charge < -0.3 is 0 Å². The van der Waals surface area contributed by atoms with Crippen LogP contribution in [-0.4, -0.2) is 0 Å². The molecule has 0 nitrogen and oxygen atoms in total. The third-order valence-corrected chi connectivity index (χ3v) is 3.57. The first-order valence-corrected chi connectivity index (χ1v) is 6.71. The number of rotatable bonds is 3. The third kappa shape index (κ3) is 7.55. The predicted molar refractivity (Wildman–Crippen MR) is 76.1 cm³/mol. The Labute approximate surface area is 108 Å². The molecule has 1 fully saturated rings. The minimum atomic E-state index is 1.04. The first kappa shape index (κ1) is 15.7. The monoisotopic (exact) mass is 228 g/mol. The van der Waals surface area contributed by atoms with Crippen molar-refractivity contribution < 1.29 is 0 Å². The van der Waals surface area contributed by atoms with E-state index in [1.54, 1.807) is 0 Å². The fourth-order valence-corrected chi connectivity index (χ4v) is 2.63. The molecule has 0 atom stereocenters. The number of hydrogen-bond acceptors (Lipinski definition) is 0. The molecule has 0 aromatic carbocycles. The molecule has 0 aliphatic heterocycles. The zero-order chi connectivity index (χ0) is 12.9. The van der Waals surface area contributed by atoms with E-state index in [1.807, 2.05) is 0 Å². The maximum atomic E-state index is 4.70. The van der Waals surface area contributed by atoms with Gasteiger partial charge in [0.15, 0.2) is 0 Å². The maximum absolute atomic E-state index is 4.70. The standard InChI is InChI=1S/C11H22.C6H2/c1-3-10(4-2)11-8-6-5-7-9-11;1-3-5-6-4-2/h10-11H,3-9H2,1-2H3;1-2H. The van der Waals surface area contributed by atoms with E-state index < -0.39 is 0 Å². The van der Waals surface area contributed by atoms with Gasteiger partial charge >= 0.3 is 0 Å². The van der Waals surface area contributed by atoms with Gasteiger partial charge in [0.2, 0.25) is 0 Å². The summed E-state index contributed by atoms with van der Waals surface area (Å²) in [6.45, 7) is 4.70. The summed E-state index contributed by atoms with van der Waals surface area (Å²) in [5.41, 5.74) is 0. The molecule has 0 radical (unpaired) electrons. The number of terminal acetylenes is 2. The van der Waals surface area contributed by atoms with Crippen molar-refractivity contribution in [3.63, 3.8) is 0 Å². The average molecular weight is 228 g/mol. The highest BCUT2D eigenvalue weighted by molar-refractivity contribution is 5.31. The largest absolute Gasteiger partial charge is 0.106 e. The van der Waals surface area contributed by atoms with Crippen molar-refractivity contribution in [1.29, 1.82) is 0 Å². The summed E-state index contributed by atoms with van der Waals surface area (Å²) in [7, 11) is 0. The molecule has 17 heavy (non-hydrogen) atoms. The van der Waals surface area contributed by atoms with Crippen LogP contribution in [0.25, 0.3) is 0 Å². The second-order valence-corrected chi connectivity index (χ2v) is 4.51. The van der Waals surface area contributed by atoms with Gasteiger partial charge in [-0.2, -0.15) is 0 Å². The number of hydrogen-bond donors (Lipinski definition) is 0. The lowest BCUT2D eigenvalue weighted by molar-refractivity contribution is 0.236. The van der Waals surface area contributed by atoms with Crippen molar-refractivity contribution in [3.8, 4) is 36.5 Å². The van der Waals surface area contributed by atoms with Crippen molar-refractivity contribution in [2.75, 3.05) is 0 Å². The summed E-state index contributed by atoms with van der Waals surface area (Å²) < 4.78 is 0. The third-order valence-electron chi connectivity index (χ3n) is 3.57. The molecular weight excluding hydrogens is 204 g/mol. The van der Waals surface area contributed by atoms with Crippen LogP contribution in [-0.2, 0) is 0 Å². The van der Waals surface area contributed by atoms with Crippen LogP contribution in [0.1, 0.15) is 58.8 Å². The molecule has 0 unspecified atom stereocenters. The average Bonchev–Trinajstić information content (AvgIpc) is 2.40. The highest BCUT2D eigenvalue weighted by atomic mass is 14.3. The molecule has 0 aromatic heterocycles.